The Morgan fingerprint density at radius 2 is 2.29 bits per heavy atom. The Balaban J connectivity index is 1.65. The van der Waals surface area contributed by atoms with Crippen LogP contribution in [-0.4, -0.2) is 33.2 Å². The van der Waals surface area contributed by atoms with Gasteiger partial charge in [-0.05, 0) is 31.9 Å². The van der Waals surface area contributed by atoms with Crippen molar-refractivity contribution in [3.05, 3.63) is 53.8 Å². The number of hydrogen-bond donors (Lipinski definition) is 0. The van der Waals surface area contributed by atoms with Crippen molar-refractivity contribution in [3.8, 4) is 0 Å². The number of benzene rings is 1. The number of para-hydroxylation sites is 1. The summed E-state index contributed by atoms with van der Waals surface area (Å²) in [5.41, 5.74) is 0.848. The van der Waals surface area contributed by atoms with Crippen LogP contribution >= 0.6 is 0 Å². The van der Waals surface area contributed by atoms with Crippen molar-refractivity contribution < 1.29 is 13.6 Å². The van der Waals surface area contributed by atoms with Gasteiger partial charge >= 0.3 is 0 Å². The molecule has 124 valence electrons. The van der Waals surface area contributed by atoms with Crippen LogP contribution in [0, 0.1) is 12.7 Å². The molecular weight excluding hydrogens is 309 g/mol. The first kappa shape index (κ1) is 14.9. The molecule has 4 rings (SSSR count). The maximum Gasteiger partial charge on any atom is 0.290 e. The van der Waals surface area contributed by atoms with Gasteiger partial charge in [0.1, 0.15) is 0 Å². The van der Waals surface area contributed by atoms with Gasteiger partial charge in [0.2, 0.25) is 0 Å². The molecule has 0 radical (unpaired) electrons. The lowest BCUT2D eigenvalue weighted by molar-refractivity contribution is 0.0690. The minimum atomic E-state index is -0.441. The molecule has 3 aromatic rings. The molecule has 0 bridgehead atoms. The maximum absolute atomic E-state index is 13.9. The van der Waals surface area contributed by atoms with Crippen molar-refractivity contribution in [2.75, 3.05) is 6.54 Å². The number of likely N-dealkylation sites (tertiary alicyclic amines) is 1. The van der Waals surface area contributed by atoms with Crippen LogP contribution in [0.2, 0.25) is 0 Å². The van der Waals surface area contributed by atoms with Crippen molar-refractivity contribution in [3.63, 3.8) is 0 Å². The molecule has 1 aliphatic heterocycles. The summed E-state index contributed by atoms with van der Waals surface area (Å²) in [6.45, 7) is 3.15. The molecule has 1 aliphatic rings. The third kappa shape index (κ3) is 2.38. The zero-order valence-electron chi connectivity index (χ0n) is 13.4. The Hall–Kier alpha value is -2.63. The molecule has 1 amide bonds. The van der Waals surface area contributed by atoms with Gasteiger partial charge in [0.25, 0.3) is 5.91 Å². The lowest BCUT2D eigenvalue weighted by Gasteiger charge is -2.24. The smallest absolute Gasteiger partial charge is 0.290 e. The largest absolute Gasteiger partial charge is 0.448 e. The predicted octanol–water partition coefficient (Wildman–Crippen LogP) is 3.38. The Morgan fingerprint density at radius 1 is 1.42 bits per heavy atom. The topological polar surface area (TPSA) is 51.3 Å². The Morgan fingerprint density at radius 3 is 3.04 bits per heavy atom. The molecule has 0 spiro atoms. The van der Waals surface area contributed by atoms with E-state index in [1.54, 1.807) is 25.3 Å². The lowest BCUT2D eigenvalue weighted by Crippen LogP contribution is -2.38. The summed E-state index contributed by atoms with van der Waals surface area (Å²) in [6, 6.07) is 6.70. The monoisotopic (exact) mass is 327 g/mol. The summed E-state index contributed by atoms with van der Waals surface area (Å²) in [4.78, 5) is 14.8. The summed E-state index contributed by atoms with van der Waals surface area (Å²) in [5.74, 6) is -0.371. The molecule has 1 fully saturated rings. The number of halogens is 1. The second-order valence-corrected chi connectivity index (χ2v) is 6.20. The Labute approximate surface area is 138 Å². The second-order valence-electron chi connectivity index (χ2n) is 6.20. The summed E-state index contributed by atoms with van der Waals surface area (Å²) in [6.07, 6.45) is 5.50. The zero-order valence-corrected chi connectivity index (χ0v) is 13.4. The fourth-order valence-electron chi connectivity index (χ4n) is 3.46. The SMILES string of the molecule is Cc1c(C(=O)N2CCCC2Cn2cccn2)oc2c(F)cccc12. The highest BCUT2D eigenvalue weighted by Crippen LogP contribution is 2.30. The van der Waals surface area contributed by atoms with Crippen LogP contribution in [0.4, 0.5) is 4.39 Å². The number of fused-ring (bicyclic) bond motifs is 1. The summed E-state index contributed by atoms with van der Waals surface area (Å²) in [7, 11) is 0. The van der Waals surface area contributed by atoms with Gasteiger partial charge in [-0.3, -0.25) is 9.48 Å². The van der Waals surface area contributed by atoms with E-state index in [1.807, 2.05) is 21.8 Å². The first-order chi connectivity index (χ1) is 11.6. The normalized spacial score (nSPS) is 17.8. The van der Waals surface area contributed by atoms with Crippen molar-refractivity contribution in [2.45, 2.75) is 32.4 Å². The molecule has 1 saturated heterocycles. The van der Waals surface area contributed by atoms with Crippen LogP contribution in [0.1, 0.15) is 29.0 Å². The fourth-order valence-corrected chi connectivity index (χ4v) is 3.46. The number of nitrogens with zero attached hydrogens (tertiary/aromatic N) is 3. The van der Waals surface area contributed by atoms with Crippen LogP contribution in [-0.2, 0) is 6.54 Å². The number of furan rings is 1. The number of hydrogen-bond acceptors (Lipinski definition) is 3. The van der Waals surface area contributed by atoms with Gasteiger partial charge in [0.05, 0.1) is 12.6 Å². The van der Waals surface area contributed by atoms with Crippen LogP contribution in [0.5, 0.6) is 0 Å². The van der Waals surface area contributed by atoms with Gasteiger partial charge in [-0.15, -0.1) is 0 Å². The maximum atomic E-state index is 13.9. The van der Waals surface area contributed by atoms with Crippen molar-refractivity contribution in [2.24, 2.45) is 0 Å². The number of aromatic nitrogens is 2. The summed E-state index contributed by atoms with van der Waals surface area (Å²) >= 11 is 0. The van der Waals surface area contributed by atoms with Gasteiger partial charge in [0.15, 0.2) is 17.2 Å². The predicted molar refractivity (Wildman–Crippen MR) is 87.2 cm³/mol. The van der Waals surface area contributed by atoms with E-state index >= 15 is 0 Å². The van der Waals surface area contributed by atoms with E-state index in [-0.39, 0.29) is 23.3 Å². The third-order valence-electron chi connectivity index (χ3n) is 4.70. The molecule has 1 aromatic carbocycles. The van der Waals surface area contributed by atoms with Crippen LogP contribution < -0.4 is 0 Å². The molecule has 0 N–H and O–H groups in total. The van der Waals surface area contributed by atoms with Crippen molar-refractivity contribution in [1.82, 2.24) is 14.7 Å². The van der Waals surface area contributed by atoms with Gasteiger partial charge in [-0.25, -0.2) is 4.39 Å². The lowest BCUT2D eigenvalue weighted by atomic mass is 10.1. The molecule has 2 aromatic heterocycles. The van der Waals surface area contributed by atoms with E-state index in [2.05, 4.69) is 5.10 Å². The molecule has 5 nitrogen and oxygen atoms in total. The average Bonchev–Trinajstić information content (AvgIpc) is 3.29. The highest BCUT2D eigenvalue weighted by atomic mass is 19.1. The molecular formula is C18H18FN3O2. The first-order valence-electron chi connectivity index (χ1n) is 8.11. The summed E-state index contributed by atoms with van der Waals surface area (Å²) in [5, 5.41) is 4.87. The molecule has 1 unspecified atom stereocenters. The average molecular weight is 327 g/mol. The van der Waals surface area contributed by atoms with E-state index in [9.17, 15) is 9.18 Å². The van der Waals surface area contributed by atoms with Crippen LogP contribution in [0.25, 0.3) is 11.0 Å². The quantitative estimate of drug-likeness (QED) is 0.741. The Bertz CT molecular complexity index is 885. The minimum Gasteiger partial charge on any atom is -0.448 e. The molecule has 6 heteroatoms. The minimum absolute atomic E-state index is 0.0786. The zero-order chi connectivity index (χ0) is 16.7. The van der Waals surface area contributed by atoms with Crippen LogP contribution in [0.15, 0.2) is 41.1 Å². The summed E-state index contributed by atoms with van der Waals surface area (Å²) < 4.78 is 21.4. The highest BCUT2D eigenvalue weighted by molar-refractivity contribution is 5.99. The fraction of sp³-hybridized carbons (Fsp3) is 0.333. The van der Waals surface area contributed by atoms with E-state index < -0.39 is 5.82 Å². The van der Waals surface area contributed by atoms with E-state index in [1.165, 1.54) is 6.07 Å². The number of aryl methyl sites for hydroxylation is 1. The molecule has 0 saturated carbocycles. The number of rotatable bonds is 3. The molecule has 24 heavy (non-hydrogen) atoms. The molecule has 0 aliphatic carbocycles. The number of carbonyl (C=O) groups excluding carboxylic acids is 1. The van der Waals surface area contributed by atoms with E-state index in [0.29, 0.717) is 24.0 Å². The second kappa shape index (κ2) is 5.78. The van der Waals surface area contributed by atoms with E-state index in [4.69, 9.17) is 4.42 Å². The van der Waals surface area contributed by atoms with Gasteiger partial charge in [-0.1, -0.05) is 12.1 Å². The van der Waals surface area contributed by atoms with Crippen LogP contribution in [0.3, 0.4) is 0 Å². The highest BCUT2D eigenvalue weighted by Gasteiger charge is 2.33. The number of carbonyl (C=O) groups is 1. The van der Waals surface area contributed by atoms with Crippen molar-refractivity contribution >= 4 is 16.9 Å². The first-order valence-corrected chi connectivity index (χ1v) is 8.11. The van der Waals surface area contributed by atoms with Gasteiger partial charge in [-0.2, -0.15) is 5.10 Å². The molecule has 3 heterocycles. The van der Waals surface area contributed by atoms with E-state index in [0.717, 1.165) is 12.8 Å². The van der Waals surface area contributed by atoms with Crippen molar-refractivity contribution in [1.29, 1.82) is 0 Å². The standard InChI is InChI=1S/C18H18FN3O2/c1-12-14-6-2-7-15(19)17(14)24-16(12)18(23)22-10-3-5-13(22)11-21-9-4-8-20-21/h2,4,6-9,13H,3,5,10-11H2,1H3. The Kier molecular flexibility index (Phi) is 3.59. The van der Waals surface area contributed by atoms with Gasteiger partial charge < -0.3 is 9.32 Å². The van der Waals surface area contributed by atoms with Gasteiger partial charge in [0, 0.05) is 29.9 Å². The number of amides is 1. The molecule has 1 atom stereocenters. The third-order valence-corrected chi connectivity index (χ3v) is 4.70.